The molecular weight excluding hydrogens is 216 g/mol. The van der Waals surface area contributed by atoms with Crippen LogP contribution in [0.25, 0.3) is 0 Å². The van der Waals surface area contributed by atoms with E-state index in [4.69, 9.17) is 19.6 Å². The van der Waals surface area contributed by atoms with Gasteiger partial charge in [-0.1, -0.05) is 12.2 Å². The zero-order chi connectivity index (χ0) is 11.1. The minimum absolute atomic E-state index is 0.218. The summed E-state index contributed by atoms with van der Waals surface area (Å²) in [7, 11) is 0. The second-order valence-electron chi connectivity index (χ2n) is 3.65. The first kappa shape index (κ1) is 13.0. The van der Waals surface area contributed by atoms with Crippen molar-refractivity contribution in [2.45, 2.75) is 31.8 Å². The molecule has 0 amide bonds. The lowest BCUT2D eigenvalue weighted by molar-refractivity contribution is -0.429. The van der Waals surface area contributed by atoms with Crippen LogP contribution in [0.2, 0.25) is 0 Å². The van der Waals surface area contributed by atoms with Gasteiger partial charge in [-0.15, -0.1) is 11.8 Å². The number of rotatable bonds is 4. The van der Waals surface area contributed by atoms with Crippen LogP contribution >= 0.6 is 11.8 Å². The molecule has 0 N–H and O–H groups in total. The molecule has 0 aromatic heterocycles. The van der Waals surface area contributed by atoms with E-state index in [2.05, 4.69) is 6.08 Å². The second kappa shape index (κ2) is 6.50. The summed E-state index contributed by atoms with van der Waals surface area (Å²) >= 11 is 1.72. The Morgan fingerprint density at radius 3 is 2.40 bits per heavy atom. The normalized spacial score (nSPS) is 20.7. The van der Waals surface area contributed by atoms with Gasteiger partial charge >= 0.3 is 0 Å². The van der Waals surface area contributed by atoms with Gasteiger partial charge in [-0.05, 0) is 20.8 Å². The summed E-state index contributed by atoms with van der Waals surface area (Å²) in [6, 6.07) is 0. The van der Waals surface area contributed by atoms with Gasteiger partial charge in [0.15, 0.2) is 0 Å². The Kier molecular flexibility index (Phi) is 5.63. The summed E-state index contributed by atoms with van der Waals surface area (Å²) < 4.78 is -0.218. The zero-order valence-corrected chi connectivity index (χ0v) is 10.2. The van der Waals surface area contributed by atoms with Gasteiger partial charge in [-0.2, -0.15) is 9.78 Å². The Bertz CT molecular complexity index is 198. The molecule has 1 heterocycles. The van der Waals surface area contributed by atoms with Gasteiger partial charge in [0.05, 0.1) is 4.75 Å². The number of thioether (sulfide) groups is 1. The van der Waals surface area contributed by atoms with E-state index in [1.54, 1.807) is 11.8 Å². The molecule has 0 bridgehead atoms. The average molecular weight is 234 g/mol. The van der Waals surface area contributed by atoms with E-state index in [0.717, 1.165) is 5.75 Å². The monoisotopic (exact) mass is 234 g/mol. The fourth-order valence-corrected chi connectivity index (χ4v) is 1.90. The first-order valence-corrected chi connectivity index (χ1v) is 5.97. The summed E-state index contributed by atoms with van der Waals surface area (Å²) in [5.74, 6) is 0.909. The largest absolute Gasteiger partial charge is 0.238 e. The summed E-state index contributed by atoms with van der Waals surface area (Å²) in [4.78, 5) is 20.0. The fraction of sp³-hybridized carbons (Fsp3) is 0.800. The predicted molar refractivity (Wildman–Crippen MR) is 59.2 cm³/mol. The molecule has 15 heavy (non-hydrogen) atoms. The van der Waals surface area contributed by atoms with Crippen molar-refractivity contribution in [2.24, 2.45) is 0 Å². The van der Waals surface area contributed by atoms with Crippen molar-refractivity contribution in [1.29, 1.82) is 0 Å². The highest BCUT2D eigenvalue weighted by atomic mass is 32.2. The van der Waals surface area contributed by atoms with Gasteiger partial charge in [-0.25, -0.2) is 9.78 Å². The van der Waals surface area contributed by atoms with Crippen LogP contribution in [0.3, 0.4) is 0 Å². The Morgan fingerprint density at radius 1 is 1.27 bits per heavy atom. The highest BCUT2D eigenvalue weighted by molar-refractivity contribution is 8.00. The minimum atomic E-state index is -0.504. The average Bonchev–Trinajstić information content (AvgIpc) is 2.46. The lowest BCUT2D eigenvalue weighted by Gasteiger charge is -2.29. The molecule has 5 heteroatoms. The maximum absolute atomic E-state index is 5.11. The smallest absolute Gasteiger partial charge is 0.231 e. The topological polar surface area (TPSA) is 36.9 Å². The molecule has 0 unspecified atom stereocenters. The molecule has 0 atom stereocenters. The summed E-state index contributed by atoms with van der Waals surface area (Å²) in [5, 5.41) is 0. The van der Waals surface area contributed by atoms with Crippen LogP contribution < -0.4 is 0 Å². The van der Waals surface area contributed by atoms with Crippen molar-refractivity contribution in [1.82, 2.24) is 0 Å². The first-order valence-electron chi connectivity index (χ1n) is 4.98. The van der Waals surface area contributed by atoms with Gasteiger partial charge < -0.3 is 0 Å². The van der Waals surface area contributed by atoms with E-state index >= 15 is 0 Å². The quantitative estimate of drug-likeness (QED) is 0.551. The molecule has 88 valence electrons. The van der Waals surface area contributed by atoms with E-state index in [-0.39, 0.29) is 4.75 Å². The molecule has 1 aliphatic rings. The van der Waals surface area contributed by atoms with Gasteiger partial charge in [0, 0.05) is 5.75 Å². The molecule has 1 rings (SSSR count). The van der Waals surface area contributed by atoms with Gasteiger partial charge in [0.1, 0.15) is 13.2 Å². The van der Waals surface area contributed by atoms with Crippen molar-refractivity contribution in [3.63, 3.8) is 0 Å². The SMILES string of the molecule is C/C=C/CSC(C)(C)C1OOCCOO1. The van der Waals surface area contributed by atoms with E-state index in [1.165, 1.54) is 0 Å². The Labute approximate surface area is 94.8 Å². The molecule has 0 saturated carbocycles. The fourth-order valence-electron chi connectivity index (χ4n) is 0.963. The van der Waals surface area contributed by atoms with Crippen molar-refractivity contribution in [3.8, 4) is 0 Å². The molecule has 1 saturated heterocycles. The maximum Gasteiger partial charge on any atom is 0.238 e. The van der Waals surface area contributed by atoms with Gasteiger partial charge in [-0.3, -0.25) is 0 Å². The number of hydrogen-bond acceptors (Lipinski definition) is 5. The third-order valence-corrected chi connectivity index (χ3v) is 3.21. The molecular formula is C10H18O4S. The second-order valence-corrected chi connectivity index (χ2v) is 5.33. The molecule has 0 aromatic rings. The van der Waals surface area contributed by atoms with Gasteiger partial charge in [0.2, 0.25) is 6.29 Å². The molecule has 0 radical (unpaired) electrons. The van der Waals surface area contributed by atoms with E-state index in [0.29, 0.717) is 13.2 Å². The third kappa shape index (κ3) is 4.53. The van der Waals surface area contributed by atoms with Crippen molar-refractivity contribution in [3.05, 3.63) is 12.2 Å². The molecule has 1 aliphatic heterocycles. The van der Waals surface area contributed by atoms with Gasteiger partial charge in [0.25, 0.3) is 0 Å². The minimum Gasteiger partial charge on any atom is -0.231 e. The predicted octanol–water partition coefficient (Wildman–Crippen LogP) is 2.31. The van der Waals surface area contributed by atoms with Crippen LogP contribution in [-0.2, 0) is 19.6 Å². The Morgan fingerprint density at radius 2 is 1.87 bits per heavy atom. The van der Waals surface area contributed by atoms with Crippen LogP contribution in [0.4, 0.5) is 0 Å². The van der Waals surface area contributed by atoms with Crippen LogP contribution in [0.5, 0.6) is 0 Å². The molecule has 0 aromatic carbocycles. The first-order chi connectivity index (χ1) is 7.17. The highest BCUT2D eigenvalue weighted by Crippen LogP contribution is 2.31. The lowest BCUT2D eigenvalue weighted by Crippen LogP contribution is -2.37. The number of hydrogen-bond donors (Lipinski definition) is 0. The van der Waals surface area contributed by atoms with E-state index in [9.17, 15) is 0 Å². The number of allylic oxidation sites excluding steroid dienone is 1. The van der Waals surface area contributed by atoms with Crippen LogP contribution in [0, 0.1) is 0 Å². The third-order valence-electron chi connectivity index (χ3n) is 1.92. The molecule has 4 nitrogen and oxygen atoms in total. The van der Waals surface area contributed by atoms with Crippen molar-refractivity contribution >= 4 is 11.8 Å². The van der Waals surface area contributed by atoms with Crippen LogP contribution in [0.15, 0.2) is 12.2 Å². The summed E-state index contributed by atoms with van der Waals surface area (Å²) in [6.07, 6.45) is 3.60. The van der Waals surface area contributed by atoms with Crippen LogP contribution in [0.1, 0.15) is 20.8 Å². The zero-order valence-electron chi connectivity index (χ0n) is 9.39. The summed E-state index contributed by atoms with van der Waals surface area (Å²) in [6.45, 7) is 6.85. The van der Waals surface area contributed by atoms with Crippen molar-refractivity contribution in [2.75, 3.05) is 19.0 Å². The molecule has 0 spiro atoms. The standard InChI is InChI=1S/C10H18O4S/c1-4-5-8-15-10(2,3)9-13-11-6-7-12-14-9/h4-5,9H,6-8H2,1-3H3/b5-4+. The Hall–Kier alpha value is -0.0700. The lowest BCUT2D eigenvalue weighted by atomic mass is 10.2. The van der Waals surface area contributed by atoms with Crippen LogP contribution in [-0.4, -0.2) is 30.0 Å². The maximum atomic E-state index is 5.11. The molecule has 0 aliphatic carbocycles. The van der Waals surface area contributed by atoms with E-state index < -0.39 is 6.29 Å². The Balaban J connectivity index is 2.42. The van der Waals surface area contributed by atoms with E-state index in [1.807, 2.05) is 26.8 Å². The summed E-state index contributed by atoms with van der Waals surface area (Å²) in [5.41, 5.74) is 0. The van der Waals surface area contributed by atoms with Crippen molar-refractivity contribution < 1.29 is 19.6 Å². The highest BCUT2D eigenvalue weighted by Gasteiger charge is 2.35. The molecule has 1 fully saturated rings.